The monoisotopic (exact) mass is 301 g/mol. The molecule has 0 unspecified atom stereocenters. The van der Waals surface area contributed by atoms with E-state index in [0.29, 0.717) is 23.8 Å². The molecule has 3 aromatic rings. The van der Waals surface area contributed by atoms with Crippen LogP contribution in [-0.4, -0.2) is 44.5 Å². The molecule has 4 heterocycles. The molecular formula is C13H11N5O2S. The first-order valence-electron chi connectivity index (χ1n) is 6.50. The van der Waals surface area contributed by atoms with Crippen LogP contribution in [0, 0.1) is 0 Å². The average Bonchev–Trinajstić information content (AvgIpc) is 3.23. The van der Waals surface area contributed by atoms with Gasteiger partial charge in [-0.3, -0.25) is 4.79 Å². The van der Waals surface area contributed by atoms with Gasteiger partial charge in [-0.05, 0) is 17.7 Å². The minimum Gasteiger partial charge on any atom is -0.463 e. The topological polar surface area (TPSA) is 87.9 Å². The third-order valence-corrected chi connectivity index (χ3v) is 4.55. The Hall–Kier alpha value is -2.48. The lowest BCUT2D eigenvalue weighted by atomic mass is 10.1. The number of tetrazole rings is 1. The Balaban J connectivity index is 1.53. The molecule has 7 nitrogen and oxygen atoms in total. The number of hydrogen-bond acceptors (Lipinski definition) is 6. The Labute approximate surface area is 123 Å². The second kappa shape index (κ2) is 4.81. The van der Waals surface area contributed by atoms with Gasteiger partial charge in [0.05, 0.1) is 15.8 Å². The van der Waals surface area contributed by atoms with Gasteiger partial charge in [0, 0.05) is 24.7 Å². The normalized spacial score (nSPS) is 15.4. The summed E-state index contributed by atoms with van der Waals surface area (Å²) in [5, 5.41) is 13.9. The predicted octanol–water partition coefficient (Wildman–Crippen LogP) is 1.94. The fraction of sp³-hybridized carbons (Fsp3) is 0.231. The van der Waals surface area contributed by atoms with Crippen LogP contribution in [-0.2, 0) is 0 Å². The van der Waals surface area contributed by atoms with E-state index in [-0.39, 0.29) is 5.91 Å². The van der Waals surface area contributed by atoms with Crippen LogP contribution in [0.3, 0.4) is 0 Å². The molecule has 3 aromatic heterocycles. The summed E-state index contributed by atoms with van der Waals surface area (Å²) >= 11 is 1.46. The smallest absolute Gasteiger partial charge is 0.264 e. The minimum atomic E-state index is 0.0369. The summed E-state index contributed by atoms with van der Waals surface area (Å²) in [7, 11) is 0. The molecule has 1 aliphatic rings. The molecule has 0 saturated carbocycles. The molecule has 0 aromatic carbocycles. The van der Waals surface area contributed by atoms with Crippen molar-refractivity contribution < 1.29 is 9.21 Å². The average molecular weight is 301 g/mol. The summed E-state index contributed by atoms with van der Waals surface area (Å²) in [4.78, 5) is 15.0. The number of aromatic nitrogens is 4. The van der Waals surface area contributed by atoms with Crippen molar-refractivity contribution in [1.29, 1.82) is 0 Å². The number of thiophene rings is 1. The first-order chi connectivity index (χ1) is 10.3. The van der Waals surface area contributed by atoms with Gasteiger partial charge in [-0.25, -0.2) is 0 Å². The molecule has 0 radical (unpaired) electrons. The molecular weight excluding hydrogens is 290 g/mol. The van der Waals surface area contributed by atoms with Gasteiger partial charge in [0.25, 0.3) is 5.91 Å². The van der Waals surface area contributed by atoms with Crippen LogP contribution in [0.1, 0.15) is 21.9 Å². The van der Waals surface area contributed by atoms with Gasteiger partial charge in [0.2, 0.25) is 0 Å². The summed E-state index contributed by atoms with van der Waals surface area (Å²) in [6, 6.07) is 3.68. The number of nitrogens with one attached hydrogen (secondary N) is 1. The van der Waals surface area contributed by atoms with Crippen LogP contribution in [0.2, 0.25) is 0 Å². The van der Waals surface area contributed by atoms with Crippen molar-refractivity contribution in [2.24, 2.45) is 0 Å². The fourth-order valence-electron chi connectivity index (χ4n) is 2.38. The number of carbonyl (C=O) groups excluding carboxylic acids is 1. The summed E-state index contributed by atoms with van der Waals surface area (Å²) in [5.74, 6) is 0.644. The number of hydrogen-bond donors (Lipinski definition) is 1. The van der Waals surface area contributed by atoms with Gasteiger partial charge >= 0.3 is 0 Å². The maximum atomic E-state index is 12.5. The van der Waals surface area contributed by atoms with Gasteiger partial charge in [-0.15, -0.1) is 21.5 Å². The van der Waals surface area contributed by atoms with Crippen LogP contribution >= 0.6 is 11.3 Å². The van der Waals surface area contributed by atoms with E-state index in [1.807, 2.05) is 17.0 Å². The number of aromatic amines is 1. The highest BCUT2D eigenvalue weighted by atomic mass is 32.1. The van der Waals surface area contributed by atoms with E-state index in [1.165, 1.54) is 11.3 Å². The van der Waals surface area contributed by atoms with Gasteiger partial charge in [-0.1, -0.05) is 6.08 Å². The number of nitrogens with zero attached hydrogens (tertiary/aromatic N) is 4. The lowest BCUT2D eigenvalue weighted by molar-refractivity contribution is 0.0777. The first-order valence-corrected chi connectivity index (χ1v) is 7.32. The molecule has 0 fully saturated rings. The molecule has 106 valence electrons. The lowest BCUT2D eigenvalue weighted by Gasteiger charge is -2.25. The maximum Gasteiger partial charge on any atom is 0.264 e. The van der Waals surface area contributed by atoms with Crippen molar-refractivity contribution in [2.45, 2.75) is 6.42 Å². The number of H-pyrrole nitrogens is 1. The zero-order chi connectivity index (χ0) is 14.2. The highest BCUT2D eigenvalue weighted by Gasteiger charge is 2.22. The molecule has 4 rings (SSSR count). The Morgan fingerprint density at radius 2 is 2.43 bits per heavy atom. The van der Waals surface area contributed by atoms with Crippen molar-refractivity contribution in [2.75, 3.05) is 13.1 Å². The van der Waals surface area contributed by atoms with Gasteiger partial charge < -0.3 is 9.32 Å². The van der Waals surface area contributed by atoms with Gasteiger partial charge in [0.15, 0.2) is 5.82 Å². The van der Waals surface area contributed by atoms with E-state index in [4.69, 9.17) is 4.42 Å². The van der Waals surface area contributed by atoms with E-state index >= 15 is 0 Å². The molecule has 1 aliphatic heterocycles. The van der Waals surface area contributed by atoms with Crippen LogP contribution in [0.4, 0.5) is 0 Å². The molecule has 0 saturated heterocycles. The predicted molar refractivity (Wildman–Crippen MR) is 76.8 cm³/mol. The first kappa shape index (κ1) is 12.3. The second-order valence-electron chi connectivity index (χ2n) is 4.73. The standard InChI is InChI=1S/C13H11N5O2S/c19-13(11-7-9-10(21-11)3-6-20-9)18-4-1-8(2-5-18)12-14-16-17-15-12/h1,3,6-7H,2,4-5H2,(H,14,15,16,17). The van der Waals surface area contributed by atoms with Crippen LogP contribution in [0.15, 0.2) is 28.9 Å². The summed E-state index contributed by atoms with van der Waals surface area (Å²) in [6.07, 6.45) is 4.34. The molecule has 0 aliphatic carbocycles. The number of rotatable bonds is 2. The lowest BCUT2D eigenvalue weighted by Crippen LogP contribution is -2.34. The number of carbonyl (C=O) groups is 1. The Morgan fingerprint density at radius 1 is 1.48 bits per heavy atom. The van der Waals surface area contributed by atoms with E-state index < -0.39 is 0 Å². The minimum absolute atomic E-state index is 0.0369. The van der Waals surface area contributed by atoms with E-state index in [1.54, 1.807) is 12.3 Å². The molecule has 21 heavy (non-hydrogen) atoms. The molecule has 0 atom stereocenters. The zero-order valence-corrected chi connectivity index (χ0v) is 11.8. The van der Waals surface area contributed by atoms with Crippen molar-refractivity contribution in [3.63, 3.8) is 0 Å². The Bertz CT molecular complexity index is 788. The maximum absolute atomic E-state index is 12.5. The van der Waals surface area contributed by atoms with Crippen LogP contribution < -0.4 is 0 Å². The van der Waals surface area contributed by atoms with Gasteiger partial charge in [0.1, 0.15) is 5.58 Å². The SMILES string of the molecule is O=C(c1cc2occc2s1)N1CC=C(c2nn[nH]n2)CC1. The summed E-state index contributed by atoms with van der Waals surface area (Å²) < 4.78 is 6.30. The van der Waals surface area contributed by atoms with Crippen molar-refractivity contribution >= 4 is 33.1 Å². The van der Waals surface area contributed by atoms with E-state index in [2.05, 4.69) is 20.6 Å². The third-order valence-electron chi connectivity index (χ3n) is 3.48. The van der Waals surface area contributed by atoms with Crippen LogP contribution in [0.5, 0.6) is 0 Å². The molecule has 0 spiro atoms. The number of amides is 1. The van der Waals surface area contributed by atoms with E-state index in [0.717, 1.165) is 22.3 Å². The quantitative estimate of drug-likeness (QED) is 0.781. The fourth-order valence-corrected chi connectivity index (χ4v) is 3.33. The molecule has 1 amide bonds. The Morgan fingerprint density at radius 3 is 3.14 bits per heavy atom. The second-order valence-corrected chi connectivity index (χ2v) is 5.81. The molecule has 8 heteroatoms. The molecule has 1 N–H and O–H groups in total. The largest absolute Gasteiger partial charge is 0.463 e. The molecule has 0 bridgehead atoms. The van der Waals surface area contributed by atoms with Crippen molar-refractivity contribution in [3.8, 4) is 0 Å². The third kappa shape index (κ3) is 2.13. The van der Waals surface area contributed by atoms with Crippen LogP contribution in [0.25, 0.3) is 15.9 Å². The summed E-state index contributed by atoms with van der Waals surface area (Å²) in [6.45, 7) is 1.21. The Kier molecular flexibility index (Phi) is 2.81. The van der Waals surface area contributed by atoms with Crippen molar-refractivity contribution in [3.05, 3.63) is 35.2 Å². The number of furan rings is 1. The highest BCUT2D eigenvalue weighted by Crippen LogP contribution is 2.28. The number of fused-ring (bicyclic) bond motifs is 1. The van der Waals surface area contributed by atoms with Gasteiger partial charge in [-0.2, -0.15) is 5.21 Å². The highest BCUT2D eigenvalue weighted by molar-refractivity contribution is 7.20. The zero-order valence-electron chi connectivity index (χ0n) is 10.9. The van der Waals surface area contributed by atoms with Crippen molar-refractivity contribution in [1.82, 2.24) is 25.5 Å². The van der Waals surface area contributed by atoms with E-state index in [9.17, 15) is 4.79 Å². The summed E-state index contributed by atoms with van der Waals surface area (Å²) in [5.41, 5.74) is 1.79.